The highest BCUT2D eigenvalue weighted by Gasteiger charge is 2.44. The summed E-state index contributed by atoms with van der Waals surface area (Å²) >= 11 is 0. The van der Waals surface area contributed by atoms with Crippen molar-refractivity contribution < 1.29 is 50.0 Å². The van der Waals surface area contributed by atoms with Gasteiger partial charge in [0, 0.05) is 0 Å². The Balaban J connectivity index is 2.16. The smallest absolute Gasteiger partial charge is 0.249 e. The Bertz CT molecular complexity index is 1660. The van der Waals surface area contributed by atoms with Gasteiger partial charge in [-0.25, -0.2) is 0 Å². The number of hydrogen-bond acceptors (Lipinski definition) is 10. The highest BCUT2D eigenvalue weighted by atomic mass is 16.7. The topological polar surface area (TPSA) is 189 Å². The average Bonchev–Trinajstić information content (AvgIpc) is 1.04. The van der Waals surface area contributed by atoms with Crippen molar-refractivity contribution in [1.82, 2.24) is 5.32 Å². The van der Waals surface area contributed by atoms with E-state index in [2.05, 4.69) is 67.8 Å². The van der Waals surface area contributed by atoms with Gasteiger partial charge in [-0.3, -0.25) is 4.79 Å². The van der Waals surface area contributed by atoms with Crippen LogP contribution in [0.4, 0.5) is 0 Å². The lowest BCUT2D eigenvalue weighted by molar-refractivity contribution is -0.303. The SMILES string of the molecule is CCCCCCCCCCCCCCCCCC/C=C\CCCCCCCCCCCCCCCCCCC(O)C(=O)NC(COC1OC(CO)C(O)C(O)C1O)C(O)C(O)CCC/C=C/CC/C=C/CC/C=C/CCCCCCCCCCCCCCCCCCC. The first-order valence-electron chi connectivity index (χ1n) is 40.5. The summed E-state index contributed by atoms with van der Waals surface area (Å²) in [5.41, 5.74) is 0. The van der Waals surface area contributed by atoms with Gasteiger partial charge in [-0.15, -0.1) is 0 Å². The molecule has 1 aliphatic rings. The van der Waals surface area contributed by atoms with Crippen LogP contribution >= 0.6 is 0 Å². The van der Waals surface area contributed by atoms with Crippen LogP contribution in [0.1, 0.15) is 399 Å². The molecule has 0 aromatic carbocycles. The maximum absolute atomic E-state index is 13.3. The molecule has 0 aromatic heterocycles. The highest BCUT2D eigenvalue weighted by Crippen LogP contribution is 2.24. The molecule has 1 fully saturated rings. The molecule has 0 radical (unpaired) electrons. The molecular formula is C82H155NO10. The lowest BCUT2D eigenvalue weighted by atomic mass is 9.98. The van der Waals surface area contributed by atoms with Gasteiger partial charge in [-0.2, -0.15) is 0 Å². The Morgan fingerprint density at radius 2 is 0.645 bits per heavy atom. The standard InChI is InChI=1S/C82H155NO10/c1-3-5-7-9-11-13-15-17-19-21-23-25-27-29-31-33-35-36-37-38-39-40-42-44-46-48-50-52-54-56-58-60-62-64-66-68-70-75(86)81(91)83-73(72-92-82-80(90)79(89)78(88)76(71-84)93-82)77(87)74(85)69-67-65-63-61-59-57-55-53-51-49-47-45-43-41-34-32-30-28-26-24-22-20-18-16-14-12-10-8-6-4-2/h36-37,45,47,53,55,61,63,73-80,82,84-90H,3-35,38-44,46,48-52,54,56-60,62,64-72H2,1-2H3,(H,83,91)/b37-36-,47-45+,55-53+,63-61+. The number of nitrogens with one attached hydrogen (secondary N) is 1. The van der Waals surface area contributed by atoms with Crippen molar-refractivity contribution in [3.63, 3.8) is 0 Å². The molecule has 0 saturated carbocycles. The van der Waals surface area contributed by atoms with Crippen molar-refractivity contribution in [3.05, 3.63) is 48.6 Å². The summed E-state index contributed by atoms with van der Waals surface area (Å²) in [5.74, 6) is -0.707. The van der Waals surface area contributed by atoms with E-state index in [0.717, 1.165) is 44.9 Å². The number of unbranched alkanes of at least 4 members (excludes halogenated alkanes) is 52. The van der Waals surface area contributed by atoms with E-state index >= 15 is 0 Å². The minimum Gasteiger partial charge on any atom is -0.394 e. The lowest BCUT2D eigenvalue weighted by Gasteiger charge is -2.40. The fourth-order valence-electron chi connectivity index (χ4n) is 13.1. The molecule has 0 aromatic rings. The molecule has 11 nitrogen and oxygen atoms in total. The number of allylic oxidation sites excluding steroid dienone is 8. The minimum atomic E-state index is -1.68. The van der Waals surface area contributed by atoms with Crippen LogP contribution in [-0.2, 0) is 14.3 Å². The molecule has 9 atom stereocenters. The third-order valence-electron chi connectivity index (χ3n) is 19.6. The number of aliphatic hydroxyl groups excluding tert-OH is 7. The Morgan fingerprint density at radius 3 is 0.957 bits per heavy atom. The fraction of sp³-hybridized carbons (Fsp3) is 0.890. The molecule has 1 rings (SSSR count). The van der Waals surface area contributed by atoms with E-state index in [-0.39, 0.29) is 12.8 Å². The van der Waals surface area contributed by atoms with Gasteiger partial charge >= 0.3 is 0 Å². The van der Waals surface area contributed by atoms with Crippen molar-refractivity contribution in [3.8, 4) is 0 Å². The average molecular weight is 1320 g/mol. The van der Waals surface area contributed by atoms with E-state index in [1.165, 1.54) is 308 Å². The van der Waals surface area contributed by atoms with Crippen molar-refractivity contribution >= 4 is 5.91 Å². The van der Waals surface area contributed by atoms with Gasteiger partial charge in [0.2, 0.25) is 5.91 Å². The number of aliphatic hydroxyl groups is 7. The molecule has 1 aliphatic heterocycles. The quantitative estimate of drug-likeness (QED) is 0.0215. The van der Waals surface area contributed by atoms with E-state index in [4.69, 9.17) is 9.47 Å². The normalized spacial score (nSPS) is 18.5. The van der Waals surface area contributed by atoms with Crippen molar-refractivity contribution in [1.29, 1.82) is 0 Å². The van der Waals surface area contributed by atoms with Crippen molar-refractivity contribution in [2.75, 3.05) is 13.2 Å². The molecule has 9 unspecified atom stereocenters. The summed E-state index contributed by atoms with van der Waals surface area (Å²) in [4.78, 5) is 13.3. The molecule has 8 N–H and O–H groups in total. The number of amides is 1. The zero-order valence-electron chi connectivity index (χ0n) is 61.0. The third kappa shape index (κ3) is 56.6. The van der Waals surface area contributed by atoms with Crippen LogP contribution in [0.5, 0.6) is 0 Å². The van der Waals surface area contributed by atoms with E-state index < -0.39 is 74.2 Å². The Labute approximate surface area is 574 Å². The second-order valence-electron chi connectivity index (χ2n) is 28.5. The second-order valence-corrected chi connectivity index (χ2v) is 28.5. The molecule has 0 spiro atoms. The Hall–Kier alpha value is -1.93. The summed E-state index contributed by atoms with van der Waals surface area (Å²) in [6, 6.07) is -1.20. The number of ether oxygens (including phenoxy) is 2. The van der Waals surface area contributed by atoms with Crippen LogP contribution in [0, 0.1) is 0 Å². The van der Waals surface area contributed by atoms with Crippen LogP contribution in [0.2, 0.25) is 0 Å². The van der Waals surface area contributed by atoms with Gasteiger partial charge in [0.1, 0.15) is 36.6 Å². The van der Waals surface area contributed by atoms with Gasteiger partial charge in [-0.05, 0) is 89.9 Å². The first kappa shape index (κ1) is 89.1. The fourth-order valence-corrected chi connectivity index (χ4v) is 13.1. The molecule has 0 aliphatic carbocycles. The highest BCUT2D eigenvalue weighted by molar-refractivity contribution is 5.80. The summed E-state index contributed by atoms with van der Waals surface area (Å²) < 4.78 is 11.2. The first-order chi connectivity index (χ1) is 45.7. The molecular weight excluding hydrogens is 1160 g/mol. The monoisotopic (exact) mass is 1310 g/mol. The number of carbonyl (C=O) groups is 1. The molecule has 0 bridgehead atoms. The summed E-state index contributed by atoms with van der Waals surface area (Å²) in [7, 11) is 0. The Kier molecular flexibility index (Phi) is 67.0. The van der Waals surface area contributed by atoms with Crippen molar-refractivity contribution in [2.24, 2.45) is 0 Å². The molecule has 1 heterocycles. The van der Waals surface area contributed by atoms with Gasteiger partial charge < -0.3 is 50.5 Å². The maximum Gasteiger partial charge on any atom is 0.249 e. The van der Waals surface area contributed by atoms with Crippen LogP contribution in [0.25, 0.3) is 0 Å². The number of rotatable bonds is 72. The van der Waals surface area contributed by atoms with E-state index in [9.17, 15) is 40.5 Å². The van der Waals surface area contributed by atoms with Gasteiger partial charge in [-0.1, -0.05) is 358 Å². The van der Waals surface area contributed by atoms with Crippen LogP contribution in [-0.4, -0.2) is 110 Å². The van der Waals surface area contributed by atoms with Crippen LogP contribution in [0.15, 0.2) is 48.6 Å². The molecule has 1 saturated heterocycles. The predicted molar refractivity (Wildman–Crippen MR) is 395 cm³/mol. The zero-order chi connectivity index (χ0) is 67.4. The summed E-state index contributed by atoms with van der Waals surface area (Å²) in [5, 5.41) is 76.7. The third-order valence-corrected chi connectivity index (χ3v) is 19.6. The maximum atomic E-state index is 13.3. The first-order valence-corrected chi connectivity index (χ1v) is 40.5. The minimum absolute atomic E-state index is 0.242. The van der Waals surface area contributed by atoms with Gasteiger partial charge in [0.15, 0.2) is 6.29 Å². The number of hydrogen-bond donors (Lipinski definition) is 8. The van der Waals surface area contributed by atoms with Crippen molar-refractivity contribution in [2.45, 2.75) is 454 Å². The van der Waals surface area contributed by atoms with Crippen LogP contribution in [0.3, 0.4) is 0 Å². The number of carbonyl (C=O) groups excluding carboxylic acids is 1. The van der Waals surface area contributed by atoms with Gasteiger partial charge in [0.25, 0.3) is 0 Å². The lowest BCUT2D eigenvalue weighted by Crippen LogP contribution is -2.60. The van der Waals surface area contributed by atoms with Crippen LogP contribution < -0.4 is 5.32 Å². The van der Waals surface area contributed by atoms with E-state index in [1.54, 1.807) is 0 Å². The molecule has 93 heavy (non-hydrogen) atoms. The summed E-state index contributed by atoms with van der Waals surface area (Å²) in [6.45, 7) is 3.50. The van der Waals surface area contributed by atoms with E-state index in [0.29, 0.717) is 19.3 Å². The molecule has 11 heteroatoms. The summed E-state index contributed by atoms with van der Waals surface area (Å²) in [6.07, 6.45) is 82.4. The Morgan fingerprint density at radius 1 is 0.366 bits per heavy atom. The van der Waals surface area contributed by atoms with E-state index in [1.807, 2.05) is 0 Å². The van der Waals surface area contributed by atoms with Gasteiger partial charge in [0.05, 0.1) is 25.4 Å². The zero-order valence-corrected chi connectivity index (χ0v) is 61.0. The predicted octanol–water partition coefficient (Wildman–Crippen LogP) is 21.0. The molecule has 1 amide bonds. The largest absolute Gasteiger partial charge is 0.394 e. The second kappa shape index (κ2) is 70.0. The molecule has 548 valence electrons.